The molecule has 0 aliphatic carbocycles. The maximum absolute atomic E-state index is 12.8. The maximum Gasteiger partial charge on any atom is 0.329 e. The maximum atomic E-state index is 12.8. The van der Waals surface area contributed by atoms with Crippen LogP contribution >= 0.6 is 11.6 Å². The van der Waals surface area contributed by atoms with Crippen LogP contribution < -0.4 is 10.6 Å². The number of carbonyl (C=O) groups is 3. The number of carbonyl (C=O) groups excluding carboxylic acids is 3. The number of nitrogens with zero attached hydrogens (tertiary/aromatic N) is 1. The Balaban J connectivity index is 1.63. The van der Waals surface area contributed by atoms with Crippen LogP contribution in [-0.2, 0) is 25.5 Å². The zero-order chi connectivity index (χ0) is 24.0. The van der Waals surface area contributed by atoms with Crippen LogP contribution in [0.3, 0.4) is 0 Å². The molecule has 2 aromatic carbocycles. The molecule has 0 aliphatic rings. The molecule has 7 nitrogen and oxygen atoms in total. The Hall–Kier alpha value is -3.45. The van der Waals surface area contributed by atoms with Crippen LogP contribution in [0, 0.1) is 5.92 Å². The first-order valence-corrected chi connectivity index (χ1v) is 11.0. The van der Waals surface area contributed by atoms with Crippen LogP contribution in [0.1, 0.15) is 26.3 Å². The predicted octanol–water partition coefficient (Wildman–Crippen LogP) is 4.14. The minimum Gasteiger partial charge on any atom is -0.451 e. The van der Waals surface area contributed by atoms with Gasteiger partial charge in [0.15, 0.2) is 11.3 Å². The smallest absolute Gasteiger partial charge is 0.329 e. The highest BCUT2D eigenvalue weighted by Crippen LogP contribution is 2.20. The first-order valence-electron chi connectivity index (χ1n) is 10.6. The van der Waals surface area contributed by atoms with Gasteiger partial charge in [0.2, 0.25) is 5.91 Å². The lowest BCUT2D eigenvalue weighted by Crippen LogP contribution is -2.47. The normalized spacial score (nSPS) is 12.8. The van der Waals surface area contributed by atoms with Crippen molar-refractivity contribution in [3.8, 4) is 0 Å². The molecule has 2 amide bonds. The molecule has 0 unspecified atom stereocenters. The zero-order valence-electron chi connectivity index (χ0n) is 18.7. The predicted molar refractivity (Wildman–Crippen MR) is 128 cm³/mol. The monoisotopic (exact) mass is 467 g/mol. The van der Waals surface area contributed by atoms with E-state index in [-0.39, 0.29) is 23.4 Å². The highest BCUT2D eigenvalue weighted by molar-refractivity contribution is 6.32. The average Bonchev–Trinajstić information content (AvgIpc) is 2.79. The summed E-state index contributed by atoms with van der Waals surface area (Å²) in [6.45, 7) is 5.04. The summed E-state index contributed by atoms with van der Waals surface area (Å²) >= 11 is 5.95. The first kappa shape index (κ1) is 24.2. The Morgan fingerprint density at radius 3 is 2.45 bits per heavy atom. The van der Waals surface area contributed by atoms with Gasteiger partial charge in [-0.1, -0.05) is 67.9 Å². The third-order valence-electron chi connectivity index (χ3n) is 5.15. The lowest BCUT2D eigenvalue weighted by Gasteiger charge is -2.23. The second kappa shape index (κ2) is 10.9. The molecule has 0 bridgehead atoms. The highest BCUT2D eigenvalue weighted by Gasteiger charge is 2.29. The van der Waals surface area contributed by atoms with Gasteiger partial charge < -0.3 is 15.4 Å². The number of nitrogens with one attached hydrogen (secondary N) is 2. The number of halogens is 1. The molecular formula is C25H26ClN3O4. The van der Waals surface area contributed by atoms with E-state index in [1.807, 2.05) is 42.5 Å². The molecule has 0 saturated carbocycles. The third-order valence-corrected chi connectivity index (χ3v) is 5.45. The van der Waals surface area contributed by atoms with Gasteiger partial charge in [-0.05, 0) is 41.3 Å². The van der Waals surface area contributed by atoms with Crippen LogP contribution in [0.5, 0.6) is 0 Å². The fraction of sp³-hybridized carbons (Fsp3) is 0.280. The molecule has 3 aromatic rings. The summed E-state index contributed by atoms with van der Waals surface area (Å²) in [5, 5.41) is 7.48. The van der Waals surface area contributed by atoms with Crippen molar-refractivity contribution < 1.29 is 19.1 Å². The summed E-state index contributed by atoms with van der Waals surface area (Å²) in [4.78, 5) is 41.8. The van der Waals surface area contributed by atoms with Gasteiger partial charge in [0, 0.05) is 6.20 Å². The quantitative estimate of drug-likeness (QED) is 0.383. The number of rotatable bonds is 8. The van der Waals surface area contributed by atoms with Gasteiger partial charge in [-0.25, -0.2) is 9.78 Å². The van der Waals surface area contributed by atoms with E-state index in [2.05, 4.69) is 15.6 Å². The van der Waals surface area contributed by atoms with Crippen LogP contribution in [0.15, 0.2) is 60.8 Å². The van der Waals surface area contributed by atoms with Gasteiger partial charge in [0.05, 0.1) is 12.1 Å². The second-order valence-electron chi connectivity index (χ2n) is 8.01. The van der Waals surface area contributed by atoms with Gasteiger partial charge in [0.25, 0.3) is 5.91 Å². The van der Waals surface area contributed by atoms with E-state index in [0.717, 1.165) is 16.3 Å². The number of pyridine rings is 1. The molecule has 0 spiro atoms. The topological polar surface area (TPSA) is 97.4 Å². The lowest BCUT2D eigenvalue weighted by molar-refractivity contribution is -0.157. The lowest BCUT2D eigenvalue weighted by atomic mass is 10.0. The number of fused-ring (bicyclic) bond motifs is 1. The highest BCUT2D eigenvalue weighted by atomic mass is 35.5. The van der Waals surface area contributed by atoms with Gasteiger partial charge in [0.1, 0.15) is 6.04 Å². The van der Waals surface area contributed by atoms with E-state index in [1.165, 1.54) is 13.1 Å². The molecule has 3 rings (SSSR count). The molecular weight excluding hydrogens is 442 g/mol. The first-order chi connectivity index (χ1) is 15.8. The van der Waals surface area contributed by atoms with Crippen LogP contribution in [0.25, 0.3) is 10.8 Å². The number of ether oxygens (including phenoxy) is 1. The Morgan fingerprint density at radius 1 is 1.00 bits per heavy atom. The summed E-state index contributed by atoms with van der Waals surface area (Å²) in [7, 11) is 0. The Bertz CT molecular complexity index is 1160. The second-order valence-corrected chi connectivity index (χ2v) is 8.37. The molecule has 1 aromatic heterocycles. The average molecular weight is 468 g/mol. The molecule has 172 valence electrons. The Labute approximate surface area is 197 Å². The van der Waals surface area contributed by atoms with E-state index < -0.39 is 24.0 Å². The van der Waals surface area contributed by atoms with Gasteiger partial charge in [-0.3, -0.25) is 9.59 Å². The molecule has 0 aliphatic heterocycles. The van der Waals surface area contributed by atoms with Crippen molar-refractivity contribution in [3.63, 3.8) is 0 Å². The molecule has 0 fully saturated rings. The molecule has 8 heteroatoms. The number of anilines is 1. The standard InChI is InChI=1S/C25H26ClN3O4/c1-15(2)22(25(32)33-16(3)24(31)28-20-12-7-13-27-23(20)26)29-21(30)14-18-10-6-9-17-8-4-5-11-19(17)18/h4-13,15-16,22H,14H2,1-3H3,(H,28,31)(H,29,30)/t16-,22-/m0/s1. The van der Waals surface area contributed by atoms with E-state index in [4.69, 9.17) is 16.3 Å². The molecule has 1 heterocycles. The summed E-state index contributed by atoms with van der Waals surface area (Å²) in [5.74, 6) is -1.78. The van der Waals surface area contributed by atoms with Crippen molar-refractivity contribution in [2.45, 2.75) is 39.3 Å². The zero-order valence-corrected chi connectivity index (χ0v) is 19.4. The minimum absolute atomic E-state index is 0.118. The number of hydrogen-bond donors (Lipinski definition) is 2. The van der Waals surface area contributed by atoms with Crippen molar-refractivity contribution in [1.29, 1.82) is 0 Å². The Morgan fingerprint density at radius 2 is 1.73 bits per heavy atom. The minimum atomic E-state index is -1.09. The number of amides is 2. The number of benzene rings is 2. The SMILES string of the molecule is CC(C)[C@H](NC(=O)Cc1cccc2ccccc12)C(=O)O[C@@H](C)C(=O)Nc1cccnc1Cl. The van der Waals surface area contributed by atoms with Crippen molar-refractivity contribution >= 4 is 45.8 Å². The van der Waals surface area contributed by atoms with Crippen molar-refractivity contribution in [1.82, 2.24) is 10.3 Å². The van der Waals surface area contributed by atoms with Gasteiger partial charge in [-0.2, -0.15) is 0 Å². The molecule has 33 heavy (non-hydrogen) atoms. The van der Waals surface area contributed by atoms with Crippen LogP contribution in [-0.4, -0.2) is 34.9 Å². The molecule has 0 saturated heterocycles. The summed E-state index contributed by atoms with van der Waals surface area (Å²) in [6.07, 6.45) is 0.521. The molecule has 0 radical (unpaired) electrons. The molecule has 2 N–H and O–H groups in total. The summed E-state index contributed by atoms with van der Waals surface area (Å²) < 4.78 is 5.34. The van der Waals surface area contributed by atoms with E-state index in [9.17, 15) is 14.4 Å². The number of esters is 1. The van der Waals surface area contributed by atoms with Crippen molar-refractivity contribution in [2.75, 3.05) is 5.32 Å². The van der Waals surface area contributed by atoms with Gasteiger partial charge in [-0.15, -0.1) is 0 Å². The van der Waals surface area contributed by atoms with Gasteiger partial charge >= 0.3 is 5.97 Å². The largest absolute Gasteiger partial charge is 0.451 e. The van der Waals surface area contributed by atoms with E-state index in [1.54, 1.807) is 26.0 Å². The van der Waals surface area contributed by atoms with Crippen molar-refractivity contribution in [2.24, 2.45) is 5.92 Å². The molecule has 2 atom stereocenters. The summed E-state index contributed by atoms with van der Waals surface area (Å²) in [5.41, 5.74) is 1.18. The van der Waals surface area contributed by atoms with Crippen molar-refractivity contribution in [3.05, 3.63) is 71.5 Å². The number of hydrogen-bond acceptors (Lipinski definition) is 5. The van der Waals surface area contributed by atoms with Crippen LogP contribution in [0.2, 0.25) is 5.15 Å². The fourth-order valence-corrected chi connectivity index (χ4v) is 3.52. The Kier molecular flexibility index (Phi) is 8.01. The third kappa shape index (κ3) is 6.29. The number of aromatic nitrogens is 1. The summed E-state index contributed by atoms with van der Waals surface area (Å²) in [6, 6.07) is 15.9. The fourth-order valence-electron chi connectivity index (χ4n) is 3.36. The van der Waals surface area contributed by atoms with E-state index >= 15 is 0 Å². The van der Waals surface area contributed by atoms with Crippen LogP contribution in [0.4, 0.5) is 5.69 Å². The van der Waals surface area contributed by atoms with E-state index in [0.29, 0.717) is 5.69 Å².